The maximum Gasteiger partial charge on any atom is 0.255 e. The lowest BCUT2D eigenvalue weighted by Gasteiger charge is -2.32. The first-order valence-corrected chi connectivity index (χ1v) is 10.4. The quantitative estimate of drug-likeness (QED) is 0.616. The summed E-state index contributed by atoms with van der Waals surface area (Å²) in [6, 6.07) is 22.3. The fraction of sp³-hybridized carbons (Fsp3) is 0.269. The molecule has 0 N–H and O–H groups in total. The third-order valence-corrected chi connectivity index (χ3v) is 6.08. The van der Waals surface area contributed by atoms with Gasteiger partial charge in [0.15, 0.2) is 0 Å². The van der Waals surface area contributed by atoms with E-state index >= 15 is 0 Å². The van der Waals surface area contributed by atoms with Crippen LogP contribution in [0.4, 0.5) is 0 Å². The minimum atomic E-state index is 0.0498. The number of piperidine rings is 1. The maximum absolute atomic E-state index is 13.1. The van der Waals surface area contributed by atoms with Gasteiger partial charge in [0.1, 0.15) is 0 Å². The summed E-state index contributed by atoms with van der Waals surface area (Å²) >= 11 is 0. The Labute approximate surface area is 177 Å². The summed E-state index contributed by atoms with van der Waals surface area (Å²) in [6.45, 7) is 3.58. The van der Waals surface area contributed by atoms with Crippen LogP contribution in [-0.4, -0.2) is 28.9 Å². The number of hydrogen-bond acceptors (Lipinski definition) is 3. The third-order valence-electron chi connectivity index (χ3n) is 6.08. The summed E-state index contributed by atoms with van der Waals surface area (Å²) < 4.78 is 0. The summed E-state index contributed by atoms with van der Waals surface area (Å²) in [5, 5.41) is 9.13. The zero-order valence-corrected chi connectivity index (χ0v) is 17.2. The van der Waals surface area contributed by atoms with E-state index in [-0.39, 0.29) is 11.8 Å². The van der Waals surface area contributed by atoms with E-state index in [4.69, 9.17) is 5.26 Å². The van der Waals surface area contributed by atoms with Gasteiger partial charge in [-0.15, -0.1) is 0 Å². The molecule has 1 unspecified atom stereocenters. The van der Waals surface area contributed by atoms with Crippen LogP contribution in [0.3, 0.4) is 0 Å². The Morgan fingerprint density at radius 2 is 1.80 bits per heavy atom. The van der Waals surface area contributed by atoms with Crippen LogP contribution in [-0.2, 0) is 0 Å². The fourth-order valence-corrected chi connectivity index (χ4v) is 4.21. The lowest BCUT2D eigenvalue weighted by molar-refractivity contribution is 0.0712. The van der Waals surface area contributed by atoms with Crippen LogP contribution in [0.1, 0.15) is 64.2 Å². The summed E-state index contributed by atoms with van der Waals surface area (Å²) in [4.78, 5) is 19.4. The van der Waals surface area contributed by atoms with Crippen molar-refractivity contribution in [3.05, 3.63) is 101 Å². The second kappa shape index (κ2) is 8.92. The highest BCUT2D eigenvalue weighted by Crippen LogP contribution is 2.30. The molecule has 1 saturated heterocycles. The average molecular weight is 396 g/mol. The van der Waals surface area contributed by atoms with Crippen LogP contribution in [0, 0.1) is 11.3 Å². The first-order chi connectivity index (χ1) is 14.7. The maximum atomic E-state index is 13.1. The molecule has 0 radical (unpaired) electrons. The highest BCUT2D eigenvalue weighted by Gasteiger charge is 2.25. The van der Waals surface area contributed by atoms with Crippen LogP contribution < -0.4 is 0 Å². The van der Waals surface area contributed by atoms with E-state index in [9.17, 15) is 4.79 Å². The minimum Gasteiger partial charge on any atom is -0.339 e. The molecule has 3 aromatic rings. The molecule has 2 aromatic carbocycles. The fourth-order valence-electron chi connectivity index (χ4n) is 4.21. The molecule has 2 heterocycles. The van der Waals surface area contributed by atoms with Crippen LogP contribution in [0.5, 0.6) is 0 Å². The van der Waals surface area contributed by atoms with Gasteiger partial charge >= 0.3 is 0 Å². The Hall–Kier alpha value is -3.45. The molecule has 0 bridgehead atoms. The summed E-state index contributed by atoms with van der Waals surface area (Å²) in [5.74, 6) is 0.628. The van der Waals surface area contributed by atoms with Gasteiger partial charge in [-0.05, 0) is 53.6 Å². The number of rotatable bonds is 4. The summed E-state index contributed by atoms with van der Waals surface area (Å²) in [5.41, 5.74) is 4.81. The number of amides is 1. The van der Waals surface area contributed by atoms with Crippen LogP contribution in [0.15, 0.2) is 73.1 Å². The highest BCUT2D eigenvalue weighted by atomic mass is 16.2. The lowest BCUT2D eigenvalue weighted by atomic mass is 9.88. The monoisotopic (exact) mass is 395 g/mol. The molecule has 30 heavy (non-hydrogen) atoms. The number of benzene rings is 2. The number of carbonyl (C=O) groups is 1. The van der Waals surface area contributed by atoms with Crippen LogP contribution in [0.2, 0.25) is 0 Å². The molecule has 0 spiro atoms. The lowest BCUT2D eigenvalue weighted by Crippen LogP contribution is -2.38. The van der Waals surface area contributed by atoms with E-state index < -0.39 is 0 Å². The van der Waals surface area contributed by atoms with Gasteiger partial charge in [0.05, 0.1) is 17.2 Å². The number of pyridine rings is 1. The van der Waals surface area contributed by atoms with Gasteiger partial charge in [-0.1, -0.05) is 49.4 Å². The van der Waals surface area contributed by atoms with Gasteiger partial charge in [0.25, 0.3) is 5.91 Å². The van der Waals surface area contributed by atoms with Gasteiger partial charge in [0.2, 0.25) is 0 Å². The predicted molar refractivity (Wildman–Crippen MR) is 117 cm³/mol. The van der Waals surface area contributed by atoms with E-state index in [1.54, 1.807) is 6.20 Å². The van der Waals surface area contributed by atoms with Gasteiger partial charge in [-0.25, -0.2) is 0 Å². The Bertz CT molecular complexity index is 1060. The molecule has 1 aromatic heterocycles. The molecule has 150 valence electrons. The Balaban J connectivity index is 1.44. The van der Waals surface area contributed by atoms with Crippen molar-refractivity contribution in [1.82, 2.24) is 9.88 Å². The van der Waals surface area contributed by atoms with E-state index in [0.717, 1.165) is 31.5 Å². The first kappa shape index (κ1) is 19.8. The van der Waals surface area contributed by atoms with Crippen LogP contribution in [0.25, 0.3) is 0 Å². The van der Waals surface area contributed by atoms with Crippen molar-refractivity contribution in [3.63, 3.8) is 0 Å². The number of likely N-dealkylation sites (tertiary alicyclic amines) is 1. The summed E-state index contributed by atoms with van der Waals surface area (Å²) in [6.07, 6.45) is 5.34. The zero-order chi connectivity index (χ0) is 20.9. The molecule has 1 amide bonds. The number of hydrogen-bond donors (Lipinski definition) is 0. The number of aromatic nitrogens is 1. The average Bonchev–Trinajstić information content (AvgIpc) is 2.84. The molecule has 1 atom stereocenters. The van der Waals surface area contributed by atoms with Crippen molar-refractivity contribution in [3.8, 4) is 6.07 Å². The van der Waals surface area contributed by atoms with E-state index in [0.29, 0.717) is 17.0 Å². The highest BCUT2D eigenvalue weighted by molar-refractivity contribution is 5.94. The van der Waals surface area contributed by atoms with Crippen molar-refractivity contribution in [2.75, 3.05) is 13.1 Å². The van der Waals surface area contributed by atoms with E-state index in [2.05, 4.69) is 36.2 Å². The molecule has 4 nitrogen and oxygen atoms in total. The smallest absolute Gasteiger partial charge is 0.255 e. The Morgan fingerprint density at radius 1 is 1.03 bits per heavy atom. The van der Waals surface area contributed by atoms with Crippen molar-refractivity contribution in [1.29, 1.82) is 5.26 Å². The van der Waals surface area contributed by atoms with Gasteiger partial charge in [-0.3, -0.25) is 9.78 Å². The molecule has 1 aliphatic rings. The molecular formula is C26H25N3O. The molecule has 4 heteroatoms. The first-order valence-electron chi connectivity index (χ1n) is 10.4. The SMILES string of the molecule is CC(c1ccccc1)c1cncc(C(=O)N2CCC(c3cccc(C#N)c3)CC2)c1. The zero-order valence-electron chi connectivity index (χ0n) is 17.2. The van der Waals surface area contributed by atoms with Crippen molar-refractivity contribution >= 4 is 5.91 Å². The number of nitriles is 1. The van der Waals surface area contributed by atoms with Gasteiger partial charge in [0, 0.05) is 31.4 Å². The standard InChI is InChI=1S/C26H25N3O/c1-19(21-7-3-2-4-8-21)24-15-25(18-28-17-24)26(30)29-12-10-22(11-13-29)23-9-5-6-20(14-23)16-27/h2-9,14-15,17-19,22H,10-13H2,1H3. The van der Waals surface area contributed by atoms with Crippen molar-refractivity contribution in [2.45, 2.75) is 31.6 Å². The Kier molecular flexibility index (Phi) is 5.90. The van der Waals surface area contributed by atoms with Crippen molar-refractivity contribution in [2.24, 2.45) is 0 Å². The van der Waals surface area contributed by atoms with E-state index in [1.807, 2.05) is 53.6 Å². The molecule has 1 aliphatic heterocycles. The van der Waals surface area contributed by atoms with Gasteiger partial charge < -0.3 is 4.90 Å². The second-order valence-electron chi connectivity index (χ2n) is 7.94. The second-order valence-corrected chi connectivity index (χ2v) is 7.94. The normalized spacial score (nSPS) is 15.4. The minimum absolute atomic E-state index is 0.0498. The van der Waals surface area contributed by atoms with Crippen LogP contribution >= 0.6 is 0 Å². The van der Waals surface area contributed by atoms with E-state index in [1.165, 1.54) is 11.1 Å². The number of carbonyl (C=O) groups excluding carboxylic acids is 1. The van der Waals surface area contributed by atoms with Gasteiger partial charge in [-0.2, -0.15) is 5.26 Å². The molecule has 4 rings (SSSR count). The third kappa shape index (κ3) is 4.26. The van der Waals surface area contributed by atoms with Crippen molar-refractivity contribution < 1.29 is 4.79 Å². The topological polar surface area (TPSA) is 57.0 Å². The summed E-state index contributed by atoms with van der Waals surface area (Å²) in [7, 11) is 0. The molecule has 1 fully saturated rings. The molecule has 0 aliphatic carbocycles. The Morgan fingerprint density at radius 3 is 2.53 bits per heavy atom. The predicted octanol–water partition coefficient (Wildman–Crippen LogP) is 5.12. The number of nitrogens with zero attached hydrogens (tertiary/aromatic N) is 3. The largest absolute Gasteiger partial charge is 0.339 e. The molecule has 0 saturated carbocycles. The molecular weight excluding hydrogens is 370 g/mol.